The van der Waals surface area contributed by atoms with Gasteiger partial charge in [-0.3, -0.25) is 4.90 Å². The van der Waals surface area contributed by atoms with Crippen molar-refractivity contribution in [3.05, 3.63) is 12.2 Å². The Kier molecular flexibility index (Phi) is 5.57. The number of aromatic nitrogens is 3. The number of rotatable bonds is 7. The molecule has 1 rings (SSSR count). The third kappa shape index (κ3) is 3.99. The number of nitrogens with zero attached hydrogens (tertiary/aromatic N) is 5. The molecule has 7 nitrogen and oxygen atoms in total. The van der Waals surface area contributed by atoms with Gasteiger partial charge in [-0.1, -0.05) is 12.1 Å². The molecule has 0 saturated heterocycles. The molecule has 0 aliphatic carbocycles. The molecule has 0 aliphatic heterocycles. The fraction of sp³-hybridized carbons (Fsp3) is 0.727. The van der Waals surface area contributed by atoms with Crippen LogP contribution in [0.1, 0.15) is 32.5 Å². The normalized spacial score (nSPS) is 14.1. The molecule has 1 unspecified atom stereocenters. The van der Waals surface area contributed by atoms with E-state index in [9.17, 15) is 0 Å². The van der Waals surface area contributed by atoms with Crippen molar-refractivity contribution >= 4 is 5.84 Å². The van der Waals surface area contributed by atoms with Crippen LogP contribution in [0.5, 0.6) is 0 Å². The number of aryl methyl sites for hydroxylation is 1. The summed E-state index contributed by atoms with van der Waals surface area (Å²) in [4.78, 5) is 6.36. The topological polar surface area (TPSA) is 92.6 Å². The molecule has 0 amide bonds. The summed E-state index contributed by atoms with van der Waals surface area (Å²) in [6.45, 7) is 5.70. The van der Waals surface area contributed by atoms with Crippen molar-refractivity contribution in [2.24, 2.45) is 10.9 Å². The average Bonchev–Trinajstić information content (AvgIpc) is 2.77. The van der Waals surface area contributed by atoms with E-state index in [2.05, 4.69) is 27.1 Å². The van der Waals surface area contributed by atoms with Crippen molar-refractivity contribution in [3.63, 3.8) is 0 Å². The standard InChI is InChI=1S/C11H22N6O/c1-4-5-17-11(13-8-14-17)7-16(3)9(2)6-10(12)15-18/h8-9,18H,4-7H2,1-3H3,(H2,12,15). The fourth-order valence-electron chi connectivity index (χ4n) is 1.69. The largest absolute Gasteiger partial charge is 0.409 e. The quantitative estimate of drug-likeness (QED) is 0.322. The second kappa shape index (κ2) is 6.95. The summed E-state index contributed by atoms with van der Waals surface area (Å²) in [6.07, 6.45) is 3.13. The van der Waals surface area contributed by atoms with Crippen LogP contribution in [0, 0.1) is 0 Å². The van der Waals surface area contributed by atoms with Gasteiger partial charge in [0.25, 0.3) is 0 Å². The molecule has 1 aromatic heterocycles. The van der Waals surface area contributed by atoms with Gasteiger partial charge in [-0.2, -0.15) is 5.10 Å². The minimum Gasteiger partial charge on any atom is -0.409 e. The van der Waals surface area contributed by atoms with Crippen molar-refractivity contribution in [2.75, 3.05) is 7.05 Å². The predicted octanol–water partition coefficient (Wildman–Crippen LogP) is 0.645. The van der Waals surface area contributed by atoms with Crippen LogP contribution in [0.4, 0.5) is 0 Å². The molecule has 0 spiro atoms. The average molecular weight is 254 g/mol. The van der Waals surface area contributed by atoms with Gasteiger partial charge in [-0.05, 0) is 20.4 Å². The van der Waals surface area contributed by atoms with Crippen molar-refractivity contribution in [1.29, 1.82) is 0 Å². The number of oxime groups is 1. The second-order valence-electron chi connectivity index (χ2n) is 4.46. The van der Waals surface area contributed by atoms with E-state index in [1.807, 2.05) is 18.7 Å². The lowest BCUT2D eigenvalue weighted by atomic mass is 10.2. The van der Waals surface area contributed by atoms with Gasteiger partial charge in [0, 0.05) is 19.0 Å². The maximum atomic E-state index is 8.55. The van der Waals surface area contributed by atoms with E-state index < -0.39 is 0 Å². The lowest BCUT2D eigenvalue weighted by Gasteiger charge is -2.23. The maximum Gasteiger partial charge on any atom is 0.141 e. The Balaban J connectivity index is 2.57. The minimum absolute atomic E-state index is 0.174. The maximum absolute atomic E-state index is 8.55. The Morgan fingerprint density at radius 3 is 3.00 bits per heavy atom. The molecule has 102 valence electrons. The fourth-order valence-corrected chi connectivity index (χ4v) is 1.69. The highest BCUT2D eigenvalue weighted by atomic mass is 16.4. The molecule has 0 aliphatic rings. The van der Waals surface area contributed by atoms with Gasteiger partial charge in [-0.15, -0.1) is 0 Å². The molecule has 7 heteroatoms. The molecule has 1 atom stereocenters. The van der Waals surface area contributed by atoms with Crippen molar-refractivity contribution in [3.8, 4) is 0 Å². The summed E-state index contributed by atoms with van der Waals surface area (Å²) >= 11 is 0. The molecule has 0 fully saturated rings. The molecular weight excluding hydrogens is 232 g/mol. The van der Waals surface area contributed by atoms with Gasteiger partial charge in [0.2, 0.25) is 0 Å². The zero-order valence-electron chi connectivity index (χ0n) is 11.2. The SMILES string of the molecule is CCCn1ncnc1CN(C)C(C)CC(N)=NO. The number of hydrogen-bond donors (Lipinski definition) is 2. The van der Waals surface area contributed by atoms with Gasteiger partial charge >= 0.3 is 0 Å². The smallest absolute Gasteiger partial charge is 0.141 e. The molecule has 0 radical (unpaired) electrons. The Morgan fingerprint density at radius 2 is 2.39 bits per heavy atom. The zero-order valence-corrected chi connectivity index (χ0v) is 11.2. The Labute approximate surface area is 107 Å². The Bertz CT molecular complexity index is 389. The van der Waals surface area contributed by atoms with E-state index in [-0.39, 0.29) is 11.9 Å². The van der Waals surface area contributed by atoms with Crippen LogP contribution in [0.15, 0.2) is 11.5 Å². The molecule has 0 saturated carbocycles. The van der Waals surface area contributed by atoms with Crippen molar-refractivity contribution < 1.29 is 5.21 Å². The summed E-state index contributed by atoms with van der Waals surface area (Å²) in [7, 11) is 1.99. The lowest BCUT2D eigenvalue weighted by molar-refractivity contribution is 0.240. The van der Waals surface area contributed by atoms with Gasteiger partial charge in [0.1, 0.15) is 18.0 Å². The zero-order chi connectivity index (χ0) is 13.5. The van der Waals surface area contributed by atoms with Crippen LogP contribution >= 0.6 is 0 Å². The van der Waals surface area contributed by atoms with Crippen LogP contribution in [-0.4, -0.2) is 43.8 Å². The van der Waals surface area contributed by atoms with E-state index in [4.69, 9.17) is 10.9 Å². The first-order valence-corrected chi connectivity index (χ1v) is 6.11. The van der Waals surface area contributed by atoms with Crippen molar-refractivity contribution in [1.82, 2.24) is 19.7 Å². The van der Waals surface area contributed by atoms with Gasteiger partial charge in [0.15, 0.2) is 0 Å². The first-order chi connectivity index (χ1) is 8.58. The van der Waals surface area contributed by atoms with E-state index in [1.54, 1.807) is 6.33 Å². The molecule has 1 heterocycles. The minimum atomic E-state index is 0.174. The number of nitrogens with two attached hydrogens (primary N) is 1. The third-order valence-electron chi connectivity index (χ3n) is 2.91. The molecule has 1 aromatic rings. The molecule has 0 bridgehead atoms. The summed E-state index contributed by atoms with van der Waals surface area (Å²) in [6, 6.07) is 0.174. The van der Waals surface area contributed by atoms with E-state index >= 15 is 0 Å². The summed E-state index contributed by atoms with van der Waals surface area (Å²) in [5.41, 5.74) is 5.50. The van der Waals surface area contributed by atoms with E-state index in [1.165, 1.54) is 0 Å². The van der Waals surface area contributed by atoms with E-state index in [0.717, 1.165) is 18.8 Å². The molecule has 18 heavy (non-hydrogen) atoms. The number of hydrogen-bond acceptors (Lipinski definition) is 5. The summed E-state index contributed by atoms with van der Waals surface area (Å²) in [5.74, 6) is 1.18. The molecule has 0 aromatic carbocycles. The number of amidine groups is 1. The van der Waals surface area contributed by atoms with E-state index in [0.29, 0.717) is 13.0 Å². The lowest BCUT2D eigenvalue weighted by Crippen LogP contribution is -2.33. The van der Waals surface area contributed by atoms with Crippen LogP contribution < -0.4 is 5.73 Å². The Morgan fingerprint density at radius 1 is 1.67 bits per heavy atom. The molecular formula is C11H22N6O. The van der Waals surface area contributed by atoms with Crippen LogP contribution in [-0.2, 0) is 13.1 Å². The van der Waals surface area contributed by atoms with Gasteiger partial charge in [-0.25, -0.2) is 9.67 Å². The molecule has 3 N–H and O–H groups in total. The highest BCUT2D eigenvalue weighted by molar-refractivity contribution is 5.80. The van der Waals surface area contributed by atoms with Crippen LogP contribution in [0.25, 0.3) is 0 Å². The first-order valence-electron chi connectivity index (χ1n) is 6.11. The van der Waals surface area contributed by atoms with Crippen molar-refractivity contribution in [2.45, 2.75) is 45.8 Å². The second-order valence-corrected chi connectivity index (χ2v) is 4.46. The summed E-state index contributed by atoms with van der Waals surface area (Å²) < 4.78 is 1.91. The Hall–Kier alpha value is -1.63. The third-order valence-corrected chi connectivity index (χ3v) is 2.91. The highest BCUT2D eigenvalue weighted by Crippen LogP contribution is 2.07. The van der Waals surface area contributed by atoms with Gasteiger partial charge < -0.3 is 10.9 Å². The predicted molar refractivity (Wildman–Crippen MR) is 69.3 cm³/mol. The summed E-state index contributed by atoms with van der Waals surface area (Å²) in [5, 5.41) is 15.7. The highest BCUT2D eigenvalue weighted by Gasteiger charge is 2.14. The van der Waals surface area contributed by atoms with Crippen LogP contribution in [0.2, 0.25) is 0 Å². The van der Waals surface area contributed by atoms with Crippen LogP contribution in [0.3, 0.4) is 0 Å². The van der Waals surface area contributed by atoms with Gasteiger partial charge in [0.05, 0.1) is 6.54 Å². The first kappa shape index (κ1) is 14.4. The monoisotopic (exact) mass is 254 g/mol.